The Morgan fingerprint density at radius 3 is 2.82 bits per heavy atom. The lowest BCUT2D eigenvalue weighted by Gasteiger charge is -2.14. The predicted octanol–water partition coefficient (Wildman–Crippen LogP) is 3.02. The molecule has 4 heteroatoms. The van der Waals surface area contributed by atoms with Gasteiger partial charge in [0, 0.05) is 19.0 Å². The molecular weight excluding hydrogens is 232 g/mol. The molecule has 1 aliphatic rings. The number of ketones is 1. The van der Waals surface area contributed by atoms with Gasteiger partial charge in [-0.2, -0.15) is 0 Å². The van der Waals surface area contributed by atoms with E-state index < -0.39 is 0 Å². The van der Waals surface area contributed by atoms with Crippen molar-refractivity contribution in [1.29, 1.82) is 0 Å². The van der Waals surface area contributed by atoms with E-state index in [2.05, 4.69) is 11.8 Å². The van der Waals surface area contributed by atoms with Crippen LogP contribution < -0.4 is 10.6 Å². The zero-order valence-corrected chi connectivity index (χ0v) is 11.5. The minimum absolute atomic E-state index is 0.0151. The molecule has 1 fully saturated rings. The highest BCUT2D eigenvalue weighted by atomic mass is 32.1. The lowest BCUT2D eigenvalue weighted by Crippen LogP contribution is -2.17. The first-order valence-electron chi connectivity index (χ1n) is 6.17. The van der Waals surface area contributed by atoms with E-state index in [-0.39, 0.29) is 11.7 Å². The van der Waals surface area contributed by atoms with E-state index in [4.69, 9.17) is 5.73 Å². The highest BCUT2D eigenvalue weighted by molar-refractivity contribution is 7.18. The molecule has 2 heterocycles. The van der Waals surface area contributed by atoms with Gasteiger partial charge in [0.1, 0.15) is 0 Å². The van der Waals surface area contributed by atoms with Gasteiger partial charge in [0.2, 0.25) is 0 Å². The summed E-state index contributed by atoms with van der Waals surface area (Å²) in [7, 11) is 0. The smallest absolute Gasteiger partial charge is 0.177 e. The lowest BCUT2D eigenvalue weighted by atomic mass is 10.1. The summed E-state index contributed by atoms with van der Waals surface area (Å²) in [4.78, 5) is 15.0. The van der Waals surface area contributed by atoms with Crippen molar-refractivity contribution < 1.29 is 4.79 Å². The Labute approximate surface area is 107 Å². The van der Waals surface area contributed by atoms with Gasteiger partial charge in [-0.1, -0.05) is 20.8 Å². The second kappa shape index (κ2) is 4.69. The fourth-order valence-corrected chi connectivity index (χ4v) is 3.34. The van der Waals surface area contributed by atoms with Crippen LogP contribution in [0, 0.1) is 11.8 Å². The van der Waals surface area contributed by atoms with Gasteiger partial charge in [-0.3, -0.25) is 4.79 Å². The van der Waals surface area contributed by atoms with Crippen molar-refractivity contribution in [3.05, 3.63) is 10.9 Å². The number of nitrogens with two attached hydrogens (primary N) is 1. The van der Waals surface area contributed by atoms with E-state index in [9.17, 15) is 4.79 Å². The van der Waals surface area contributed by atoms with Gasteiger partial charge in [0.15, 0.2) is 5.78 Å². The van der Waals surface area contributed by atoms with Crippen LogP contribution in [0.5, 0.6) is 0 Å². The Balaban J connectivity index is 2.21. The fraction of sp³-hybridized carbons (Fsp3) is 0.615. The van der Waals surface area contributed by atoms with Gasteiger partial charge in [-0.25, -0.2) is 0 Å². The molecule has 0 aliphatic carbocycles. The SMILES string of the molecule is CC1CCN(c2cc(N)c(C(=O)C(C)C)s2)C1. The summed E-state index contributed by atoms with van der Waals surface area (Å²) in [6.07, 6.45) is 1.23. The lowest BCUT2D eigenvalue weighted by molar-refractivity contribution is 0.0944. The zero-order valence-electron chi connectivity index (χ0n) is 10.7. The summed E-state index contributed by atoms with van der Waals surface area (Å²) in [5.74, 6) is 0.912. The van der Waals surface area contributed by atoms with Crippen molar-refractivity contribution >= 4 is 27.8 Å². The number of Topliss-reactive ketones (excluding diaryl/α,β-unsaturated/α-hetero) is 1. The second-order valence-corrected chi connectivity index (χ2v) is 6.26. The standard InChI is InChI=1S/C13H20N2OS/c1-8(2)12(16)13-10(14)6-11(17-13)15-5-4-9(3)7-15/h6,8-9H,4-5,7,14H2,1-3H3. The molecule has 0 saturated carbocycles. The topological polar surface area (TPSA) is 46.3 Å². The minimum atomic E-state index is 0.0151. The van der Waals surface area contributed by atoms with Crippen molar-refractivity contribution in [2.24, 2.45) is 11.8 Å². The number of nitrogens with zero attached hydrogens (tertiary/aromatic N) is 1. The Bertz CT molecular complexity index is 425. The molecule has 1 aromatic rings. The van der Waals surface area contributed by atoms with Crippen LogP contribution in [0.15, 0.2) is 6.07 Å². The normalized spacial score (nSPS) is 20.2. The molecule has 2 N–H and O–H groups in total. The van der Waals surface area contributed by atoms with Crippen LogP contribution in [-0.4, -0.2) is 18.9 Å². The maximum atomic E-state index is 12.0. The first kappa shape index (κ1) is 12.4. The van der Waals surface area contributed by atoms with Crippen LogP contribution >= 0.6 is 11.3 Å². The molecule has 0 aromatic carbocycles. The number of rotatable bonds is 3. The van der Waals surface area contributed by atoms with Crippen LogP contribution in [0.2, 0.25) is 0 Å². The van der Waals surface area contributed by atoms with E-state index >= 15 is 0 Å². The molecule has 1 aliphatic heterocycles. The highest BCUT2D eigenvalue weighted by Crippen LogP contribution is 2.36. The van der Waals surface area contributed by atoms with Gasteiger partial charge in [-0.05, 0) is 18.4 Å². The van der Waals surface area contributed by atoms with Crippen LogP contribution in [-0.2, 0) is 0 Å². The molecule has 3 nitrogen and oxygen atoms in total. The maximum Gasteiger partial charge on any atom is 0.177 e. The van der Waals surface area contributed by atoms with E-state index in [0.29, 0.717) is 5.69 Å². The molecule has 2 rings (SSSR count). The van der Waals surface area contributed by atoms with Crippen LogP contribution in [0.4, 0.5) is 10.7 Å². The molecule has 1 saturated heterocycles. The predicted molar refractivity (Wildman–Crippen MR) is 73.9 cm³/mol. The highest BCUT2D eigenvalue weighted by Gasteiger charge is 2.23. The van der Waals surface area contributed by atoms with Crippen LogP contribution in [0.3, 0.4) is 0 Å². The van der Waals surface area contributed by atoms with Crippen molar-refractivity contribution in [2.75, 3.05) is 23.7 Å². The third kappa shape index (κ3) is 2.46. The first-order chi connectivity index (χ1) is 7.99. The Hall–Kier alpha value is -1.03. The Morgan fingerprint density at radius 2 is 2.29 bits per heavy atom. The summed E-state index contributed by atoms with van der Waals surface area (Å²) in [6.45, 7) is 8.25. The number of hydrogen-bond donors (Lipinski definition) is 1. The molecule has 0 spiro atoms. The molecule has 1 unspecified atom stereocenters. The molecule has 0 amide bonds. The van der Waals surface area contributed by atoms with E-state index in [0.717, 1.165) is 28.9 Å². The van der Waals surface area contributed by atoms with Gasteiger partial charge in [0.25, 0.3) is 0 Å². The average molecular weight is 252 g/mol. The monoisotopic (exact) mass is 252 g/mol. The minimum Gasteiger partial charge on any atom is -0.397 e. The first-order valence-corrected chi connectivity index (χ1v) is 6.99. The third-order valence-corrected chi connectivity index (χ3v) is 4.46. The Morgan fingerprint density at radius 1 is 1.59 bits per heavy atom. The molecule has 0 radical (unpaired) electrons. The maximum absolute atomic E-state index is 12.0. The summed E-state index contributed by atoms with van der Waals surface area (Å²) in [5, 5.41) is 1.15. The summed E-state index contributed by atoms with van der Waals surface area (Å²) < 4.78 is 0. The van der Waals surface area contributed by atoms with Gasteiger partial charge < -0.3 is 10.6 Å². The van der Waals surface area contributed by atoms with E-state index in [1.165, 1.54) is 6.42 Å². The molecule has 94 valence electrons. The Kier molecular flexibility index (Phi) is 3.43. The summed E-state index contributed by atoms with van der Waals surface area (Å²) in [5.41, 5.74) is 6.59. The average Bonchev–Trinajstić information content (AvgIpc) is 2.83. The number of hydrogen-bond acceptors (Lipinski definition) is 4. The summed E-state index contributed by atoms with van der Waals surface area (Å²) >= 11 is 1.55. The third-order valence-electron chi connectivity index (χ3n) is 3.23. The van der Waals surface area contributed by atoms with E-state index in [1.54, 1.807) is 11.3 Å². The van der Waals surface area contributed by atoms with Gasteiger partial charge in [0.05, 0.1) is 15.6 Å². The number of nitrogen functional groups attached to an aromatic ring is 1. The van der Waals surface area contributed by atoms with Crippen LogP contribution in [0.1, 0.15) is 36.9 Å². The number of anilines is 2. The second-order valence-electron chi connectivity index (χ2n) is 5.23. The van der Waals surface area contributed by atoms with Crippen molar-refractivity contribution in [2.45, 2.75) is 27.2 Å². The molecule has 1 atom stereocenters. The van der Waals surface area contributed by atoms with Crippen molar-refractivity contribution in [3.8, 4) is 0 Å². The molecule has 1 aromatic heterocycles. The largest absolute Gasteiger partial charge is 0.397 e. The van der Waals surface area contributed by atoms with Gasteiger partial charge in [-0.15, -0.1) is 11.3 Å². The molecule has 17 heavy (non-hydrogen) atoms. The quantitative estimate of drug-likeness (QED) is 0.841. The number of carbonyl (C=O) groups excluding carboxylic acids is 1. The molecular formula is C13H20N2OS. The van der Waals surface area contributed by atoms with Gasteiger partial charge >= 0.3 is 0 Å². The summed E-state index contributed by atoms with van der Waals surface area (Å²) in [6, 6.07) is 1.96. The van der Waals surface area contributed by atoms with E-state index in [1.807, 2.05) is 19.9 Å². The van der Waals surface area contributed by atoms with Crippen molar-refractivity contribution in [1.82, 2.24) is 0 Å². The molecule has 0 bridgehead atoms. The fourth-order valence-electron chi connectivity index (χ4n) is 2.14. The number of carbonyl (C=O) groups is 1. The number of thiophene rings is 1. The van der Waals surface area contributed by atoms with Crippen molar-refractivity contribution in [3.63, 3.8) is 0 Å². The van der Waals surface area contributed by atoms with Crippen LogP contribution in [0.25, 0.3) is 0 Å². The zero-order chi connectivity index (χ0) is 12.6.